The summed E-state index contributed by atoms with van der Waals surface area (Å²) in [4.78, 5) is 0. The van der Waals surface area contributed by atoms with Crippen molar-refractivity contribution in [2.45, 2.75) is 25.0 Å². The molecule has 0 unspecified atom stereocenters. The Morgan fingerprint density at radius 2 is 1.12 bits per heavy atom. The highest BCUT2D eigenvalue weighted by molar-refractivity contribution is 5.45. The van der Waals surface area contributed by atoms with E-state index >= 15 is 0 Å². The number of ether oxygens (including phenoxy) is 6. The Labute approximate surface area is 152 Å². The van der Waals surface area contributed by atoms with Gasteiger partial charge in [0, 0.05) is 27.1 Å². The van der Waals surface area contributed by atoms with Crippen molar-refractivity contribution >= 4 is 0 Å². The third-order valence-electron chi connectivity index (χ3n) is 4.77. The van der Waals surface area contributed by atoms with Crippen molar-refractivity contribution in [3.8, 4) is 23.0 Å². The first-order valence-corrected chi connectivity index (χ1v) is 8.59. The number of methoxy groups -OCH3 is 2. The lowest BCUT2D eigenvalue weighted by Crippen LogP contribution is -2.33. The van der Waals surface area contributed by atoms with Crippen molar-refractivity contribution in [3.05, 3.63) is 47.5 Å². The number of benzene rings is 2. The fourth-order valence-corrected chi connectivity index (χ4v) is 3.33. The van der Waals surface area contributed by atoms with E-state index in [1.54, 1.807) is 14.2 Å². The van der Waals surface area contributed by atoms with E-state index in [4.69, 9.17) is 28.4 Å². The summed E-state index contributed by atoms with van der Waals surface area (Å²) in [5, 5.41) is 0. The Bertz CT molecular complexity index is 709. The van der Waals surface area contributed by atoms with Gasteiger partial charge < -0.3 is 28.4 Å². The highest BCUT2D eigenvalue weighted by Gasteiger charge is 2.24. The van der Waals surface area contributed by atoms with Crippen LogP contribution < -0.4 is 18.9 Å². The van der Waals surface area contributed by atoms with Crippen molar-refractivity contribution in [2.24, 2.45) is 0 Å². The summed E-state index contributed by atoms with van der Waals surface area (Å²) in [6, 6.07) is 11.9. The van der Waals surface area contributed by atoms with E-state index in [2.05, 4.69) is 0 Å². The van der Waals surface area contributed by atoms with Crippen LogP contribution in [0.5, 0.6) is 23.0 Å². The van der Waals surface area contributed by atoms with Crippen LogP contribution in [-0.2, 0) is 22.3 Å². The second-order valence-electron chi connectivity index (χ2n) is 6.33. The molecule has 0 saturated carbocycles. The van der Waals surface area contributed by atoms with Gasteiger partial charge in [-0.1, -0.05) is 12.1 Å². The lowest BCUT2D eigenvalue weighted by molar-refractivity contribution is -0.0346. The van der Waals surface area contributed by atoms with Crippen molar-refractivity contribution < 1.29 is 28.4 Å². The van der Waals surface area contributed by atoms with Gasteiger partial charge in [0.2, 0.25) is 13.6 Å². The van der Waals surface area contributed by atoms with Crippen LogP contribution in [0.4, 0.5) is 0 Å². The van der Waals surface area contributed by atoms with Crippen LogP contribution in [0, 0.1) is 0 Å². The maximum atomic E-state index is 5.74. The molecule has 2 aliphatic heterocycles. The molecule has 6 nitrogen and oxygen atoms in total. The molecule has 0 spiro atoms. The molecule has 2 atom stereocenters. The molecule has 6 heteroatoms. The fraction of sp³-hybridized carbons (Fsp3) is 0.400. The van der Waals surface area contributed by atoms with Gasteiger partial charge >= 0.3 is 0 Å². The second kappa shape index (κ2) is 7.43. The largest absolute Gasteiger partial charge is 0.454 e. The van der Waals surface area contributed by atoms with E-state index in [-0.39, 0.29) is 25.8 Å². The minimum absolute atomic E-state index is 0.0919. The SMILES string of the molecule is CO[C@H](Cc1ccc2c(c1)OCO2)[C@@H](Cc1ccc2c(c1)OCO2)OC. The number of rotatable bonds is 7. The molecule has 0 aliphatic carbocycles. The van der Waals surface area contributed by atoms with Gasteiger partial charge in [0.25, 0.3) is 0 Å². The summed E-state index contributed by atoms with van der Waals surface area (Å²) in [7, 11) is 3.42. The lowest BCUT2D eigenvalue weighted by atomic mass is 9.97. The van der Waals surface area contributed by atoms with Gasteiger partial charge in [-0.05, 0) is 35.4 Å². The van der Waals surface area contributed by atoms with Gasteiger partial charge in [-0.25, -0.2) is 0 Å². The molecule has 26 heavy (non-hydrogen) atoms. The van der Waals surface area contributed by atoms with Gasteiger partial charge in [0.15, 0.2) is 23.0 Å². The average molecular weight is 358 g/mol. The van der Waals surface area contributed by atoms with Crippen LogP contribution >= 0.6 is 0 Å². The molecule has 2 aromatic rings. The summed E-state index contributed by atoms with van der Waals surface area (Å²) in [5.41, 5.74) is 2.24. The van der Waals surface area contributed by atoms with Crippen LogP contribution in [0.2, 0.25) is 0 Å². The Hall–Kier alpha value is -2.44. The summed E-state index contributed by atoms with van der Waals surface area (Å²) in [6.45, 7) is 0.550. The third kappa shape index (κ3) is 3.43. The zero-order chi connectivity index (χ0) is 17.9. The molecule has 4 rings (SSSR count). The first kappa shape index (κ1) is 17.0. The van der Waals surface area contributed by atoms with Crippen LogP contribution in [0.25, 0.3) is 0 Å². The topological polar surface area (TPSA) is 55.4 Å². The van der Waals surface area contributed by atoms with Gasteiger partial charge in [-0.15, -0.1) is 0 Å². The predicted molar refractivity (Wildman–Crippen MR) is 94.1 cm³/mol. The quantitative estimate of drug-likeness (QED) is 0.759. The lowest BCUT2D eigenvalue weighted by Gasteiger charge is -2.25. The molecule has 0 aromatic heterocycles. The molecule has 0 radical (unpaired) electrons. The third-order valence-corrected chi connectivity index (χ3v) is 4.77. The molecule has 0 amide bonds. The maximum Gasteiger partial charge on any atom is 0.231 e. The Kier molecular flexibility index (Phi) is 4.86. The molecule has 0 bridgehead atoms. The van der Waals surface area contributed by atoms with Gasteiger partial charge in [-0.2, -0.15) is 0 Å². The van der Waals surface area contributed by atoms with Gasteiger partial charge in [0.05, 0.1) is 12.2 Å². The van der Waals surface area contributed by atoms with Crippen LogP contribution in [-0.4, -0.2) is 40.0 Å². The van der Waals surface area contributed by atoms with Crippen molar-refractivity contribution in [3.63, 3.8) is 0 Å². The number of hydrogen-bond donors (Lipinski definition) is 0. The van der Waals surface area contributed by atoms with Crippen molar-refractivity contribution in [2.75, 3.05) is 27.8 Å². The number of fused-ring (bicyclic) bond motifs is 2. The molecule has 2 heterocycles. The average Bonchev–Trinajstić information content (AvgIpc) is 3.32. The first-order chi connectivity index (χ1) is 12.8. The smallest absolute Gasteiger partial charge is 0.231 e. The minimum atomic E-state index is -0.0919. The molecule has 0 fully saturated rings. The van der Waals surface area contributed by atoms with Crippen molar-refractivity contribution in [1.82, 2.24) is 0 Å². The molecule has 138 valence electrons. The summed E-state index contributed by atoms with van der Waals surface area (Å²) in [5.74, 6) is 3.13. The first-order valence-electron chi connectivity index (χ1n) is 8.59. The highest BCUT2D eigenvalue weighted by atomic mass is 16.7. The standard InChI is InChI=1S/C20H22O6/c1-21-17(7-13-3-5-15-19(9-13)25-11-23-15)18(22-2)8-14-4-6-16-20(10-14)26-12-24-16/h3-6,9-10,17-18H,7-8,11-12H2,1-2H3/t17-,18-/m1/s1. The van der Waals surface area contributed by atoms with E-state index in [1.807, 2.05) is 36.4 Å². The van der Waals surface area contributed by atoms with Crippen LogP contribution in [0.15, 0.2) is 36.4 Å². The Balaban J connectivity index is 1.47. The Morgan fingerprint density at radius 1 is 0.692 bits per heavy atom. The van der Waals surface area contributed by atoms with E-state index in [1.165, 1.54) is 0 Å². The summed E-state index contributed by atoms with van der Waals surface area (Å²) in [6.07, 6.45) is 1.25. The normalized spacial score (nSPS) is 16.5. The predicted octanol–water partition coefficient (Wildman–Crippen LogP) is 2.96. The van der Waals surface area contributed by atoms with Crippen LogP contribution in [0.1, 0.15) is 11.1 Å². The fourth-order valence-electron chi connectivity index (χ4n) is 3.33. The molecule has 2 aliphatic rings. The van der Waals surface area contributed by atoms with Crippen LogP contribution in [0.3, 0.4) is 0 Å². The minimum Gasteiger partial charge on any atom is -0.454 e. The second-order valence-corrected chi connectivity index (χ2v) is 6.33. The molecule has 2 aromatic carbocycles. The van der Waals surface area contributed by atoms with Gasteiger partial charge in [0.1, 0.15) is 0 Å². The highest BCUT2D eigenvalue weighted by Crippen LogP contribution is 2.34. The van der Waals surface area contributed by atoms with E-state index in [9.17, 15) is 0 Å². The maximum absolute atomic E-state index is 5.74. The molecule has 0 N–H and O–H groups in total. The number of hydrogen-bond acceptors (Lipinski definition) is 6. The van der Waals surface area contributed by atoms with Crippen molar-refractivity contribution in [1.29, 1.82) is 0 Å². The zero-order valence-electron chi connectivity index (χ0n) is 14.9. The Morgan fingerprint density at radius 3 is 1.54 bits per heavy atom. The van der Waals surface area contributed by atoms with E-state index < -0.39 is 0 Å². The molecular weight excluding hydrogens is 336 g/mol. The summed E-state index contributed by atoms with van der Waals surface area (Å²) < 4.78 is 33.1. The zero-order valence-corrected chi connectivity index (χ0v) is 14.9. The van der Waals surface area contributed by atoms with E-state index in [0.29, 0.717) is 0 Å². The van der Waals surface area contributed by atoms with Gasteiger partial charge in [-0.3, -0.25) is 0 Å². The molecule has 0 saturated heterocycles. The monoisotopic (exact) mass is 358 g/mol. The van der Waals surface area contributed by atoms with E-state index in [0.717, 1.165) is 47.0 Å². The molecular formula is C20H22O6. The summed E-state index contributed by atoms with van der Waals surface area (Å²) >= 11 is 0.